The fourth-order valence-corrected chi connectivity index (χ4v) is 4.61. The molecule has 2 heterocycles. The van der Waals surface area contributed by atoms with Gasteiger partial charge in [-0.05, 0) is 48.5 Å². The van der Waals surface area contributed by atoms with Crippen molar-refractivity contribution < 1.29 is 38.4 Å². The summed E-state index contributed by atoms with van der Waals surface area (Å²) >= 11 is 0. The molecule has 0 atom stereocenters. The third-order valence-electron chi connectivity index (χ3n) is 6.66. The number of benzene rings is 4. The van der Waals surface area contributed by atoms with Gasteiger partial charge >= 0.3 is 0 Å². The predicted octanol–water partition coefficient (Wildman–Crippen LogP) is 6.16. The lowest BCUT2D eigenvalue weighted by molar-refractivity contribution is 0.359. The Kier molecular flexibility index (Phi) is 6.43. The fraction of sp³-hybridized carbons (Fsp3) is 0.0625. The highest BCUT2D eigenvalue weighted by Crippen LogP contribution is 2.45. The monoisotopic (exact) mass is 566 g/mol. The highest BCUT2D eigenvalue weighted by molar-refractivity contribution is 5.90. The number of phenols is 3. The molecule has 0 saturated carbocycles. The highest BCUT2D eigenvalue weighted by Gasteiger charge is 2.21. The number of methoxy groups -OCH3 is 2. The Bertz CT molecular complexity index is 2090. The zero-order chi connectivity index (χ0) is 29.5. The maximum Gasteiger partial charge on any atom is 0.211 e. The van der Waals surface area contributed by atoms with E-state index in [0.29, 0.717) is 22.6 Å². The third-order valence-corrected chi connectivity index (χ3v) is 6.66. The van der Waals surface area contributed by atoms with Gasteiger partial charge in [0.05, 0.1) is 14.2 Å². The molecule has 0 unspecified atom stereocenters. The number of rotatable bonds is 6. The molecule has 0 aliphatic carbocycles. The molecule has 3 N–H and O–H groups in total. The van der Waals surface area contributed by atoms with Crippen LogP contribution in [0.2, 0.25) is 0 Å². The molecule has 6 rings (SSSR count). The first-order valence-corrected chi connectivity index (χ1v) is 12.6. The smallest absolute Gasteiger partial charge is 0.211 e. The SMILES string of the molecule is COc1ccc(-c2cc(=O)c3c(O)c(Oc4ccc(-c5cc(=O)c6c(O)cc(O)cc6o5)cc4)c(OC)cc3o2)cc1. The summed E-state index contributed by atoms with van der Waals surface area (Å²) in [5, 5.41) is 30.7. The van der Waals surface area contributed by atoms with E-state index in [1.807, 2.05) is 0 Å². The number of hydrogen-bond acceptors (Lipinski definition) is 10. The van der Waals surface area contributed by atoms with E-state index in [0.717, 1.165) is 6.07 Å². The second-order valence-corrected chi connectivity index (χ2v) is 9.27. The maximum atomic E-state index is 13.1. The van der Waals surface area contributed by atoms with Crippen LogP contribution in [-0.4, -0.2) is 29.5 Å². The highest BCUT2D eigenvalue weighted by atomic mass is 16.5. The number of ether oxygens (including phenoxy) is 3. The Morgan fingerprint density at radius 3 is 1.74 bits per heavy atom. The molecule has 0 amide bonds. The molecule has 10 heteroatoms. The van der Waals surface area contributed by atoms with Crippen molar-refractivity contribution in [1.29, 1.82) is 0 Å². The number of phenolic OH excluding ortho intramolecular Hbond substituents is 3. The molecular weight excluding hydrogens is 544 g/mol. The van der Waals surface area contributed by atoms with Crippen molar-refractivity contribution in [2.75, 3.05) is 14.2 Å². The van der Waals surface area contributed by atoms with Crippen molar-refractivity contribution in [3.63, 3.8) is 0 Å². The molecule has 0 aliphatic rings. The van der Waals surface area contributed by atoms with E-state index in [1.54, 1.807) is 55.6 Å². The van der Waals surface area contributed by atoms with E-state index in [1.165, 1.54) is 31.4 Å². The van der Waals surface area contributed by atoms with Crippen LogP contribution in [-0.2, 0) is 0 Å². The summed E-state index contributed by atoms with van der Waals surface area (Å²) < 4.78 is 28.2. The lowest BCUT2D eigenvalue weighted by Gasteiger charge is -2.14. The van der Waals surface area contributed by atoms with E-state index in [2.05, 4.69) is 0 Å². The van der Waals surface area contributed by atoms with Crippen molar-refractivity contribution in [3.8, 4) is 62.9 Å². The molecule has 0 bridgehead atoms. The van der Waals surface area contributed by atoms with Crippen LogP contribution in [0, 0.1) is 0 Å². The van der Waals surface area contributed by atoms with E-state index in [-0.39, 0.29) is 56.4 Å². The van der Waals surface area contributed by atoms with Gasteiger partial charge in [-0.1, -0.05) is 0 Å². The largest absolute Gasteiger partial charge is 0.508 e. The summed E-state index contributed by atoms with van der Waals surface area (Å²) in [4.78, 5) is 25.7. The minimum absolute atomic E-state index is 0.0233. The molecule has 2 aromatic heterocycles. The summed E-state index contributed by atoms with van der Waals surface area (Å²) in [6, 6.07) is 19.6. The molecule has 0 aliphatic heterocycles. The molecule has 0 fully saturated rings. The molecule has 4 aromatic carbocycles. The van der Waals surface area contributed by atoms with Crippen molar-refractivity contribution in [2.24, 2.45) is 0 Å². The van der Waals surface area contributed by atoms with Crippen LogP contribution < -0.4 is 25.1 Å². The van der Waals surface area contributed by atoms with Gasteiger partial charge in [-0.2, -0.15) is 0 Å². The summed E-state index contributed by atoms with van der Waals surface area (Å²) in [6.07, 6.45) is 0. The molecule has 210 valence electrons. The van der Waals surface area contributed by atoms with E-state index in [9.17, 15) is 24.9 Å². The standard InChI is InChI=1S/C32H22O10/c1-38-19-7-3-16(4-8-19)25-14-23(36)30-27(42-25)15-28(39-2)32(31(30)37)40-20-9-5-17(6-10-20)24-13-22(35)29-21(34)11-18(33)12-26(29)41-24/h3-15,33-34,37H,1-2H3. The van der Waals surface area contributed by atoms with Gasteiger partial charge in [-0.25, -0.2) is 0 Å². The molecule has 6 aromatic rings. The second kappa shape index (κ2) is 10.3. The Morgan fingerprint density at radius 2 is 1.17 bits per heavy atom. The zero-order valence-corrected chi connectivity index (χ0v) is 22.2. The van der Waals surface area contributed by atoms with Gasteiger partial charge in [0.15, 0.2) is 22.4 Å². The average Bonchev–Trinajstić information content (AvgIpc) is 2.98. The van der Waals surface area contributed by atoms with Gasteiger partial charge in [0.2, 0.25) is 5.75 Å². The minimum Gasteiger partial charge on any atom is -0.508 e. The Morgan fingerprint density at radius 1 is 0.619 bits per heavy atom. The van der Waals surface area contributed by atoms with Crippen LogP contribution in [0.1, 0.15) is 0 Å². The Labute approximate surface area is 236 Å². The first kappa shape index (κ1) is 26.3. The second-order valence-electron chi connectivity index (χ2n) is 9.27. The minimum atomic E-state index is -0.483. The Hall–Kier alpha value is -5.90. The maximum absolute atomic E-state index is 13.1. The number of fused-ring (bicyclic) bond motifs is 2. The van der Waals surface area contributed by atoms with E-state index in [4.69, 9.17) is 23.0 Å². The average molecular weight is 567 g/mol. The lowest BCUT2D eigenvalue weighted by Crippen LogP contribution is -2.03. The zero-order valence-electron chi connectivity index (χ0n) is 22.2. The van der Waals surface area contributed by atoms with Crippen LogP contribution in [0.3, 0.4) is 0 Å². The van der Waals surface area contributed by atoms with E-state index >= 15 is 0 Å². The van der Waals surface area contributed by atoms with Gasteiger partial charge in [0.25, 0.3) is 0 Å². The molecule has 42 heavy (non-hydrogen) atoms. The molecule has 0 spiro atoms. The van der Waals surface area contributed by atoms with Crippen LogP contribution in [0.4, 0.5) is 0 Å². The predicted molar refractivity (Wildman–Crippen MR) is 154 cm³/mol. The van der Waals surface area contributed by atoms with Crippen LogP contribution >= 0.6 is 0 Å². The van der Waals surface area contributed by atoms with Gasteiger partial charge in [0.1, 0.15) is 56.5 Å². The third kappa shape index (κ3) is 4.60. The molecule has 0 radical (unpaired) electrons. The summed E-state index contributed by atoms with van der Waals surface area (Å²) in [5.74, 6) is 0.367. The first-order valence-electron chi connectivity index (χ1n) is 12.6. The molecular formula is C32H22O10. The first-order chi connectivity index (χ1) is 20.2. The van der Waals surface area contributed by atoms with Gasteiger partial charge < -0.3 is 38.4 Å². The fourth-order valence-electron chi connectivity index (χ4n) is 4.61. The van der Waals surface area contributed by atoms with Gasteiger partial charge in [-0.15, -0.1) is 0 Å². The van der Waals surface area contributed by atoms with Crippen LogP contribution in [0.15, 0.2) is 97.3 Å². The van der Waals surface area contributed by atoms with Gasteiger partial charge in [-0.3, -0.25) is 9.59 Å². The van der Waals surface area contributed by atoms with Crippen molar-refractivity contribution in [1.82, 2.24) is 0 Å². The summed E-state index contributed by atoms with van der Waals surface area (Å²) in [5.41, 5.74) is 0.314. The lowest BCUT2D eigenvalue weighted by atomic mass is 10.1. The molecule has 0 saturated heterocycles. The summed E-state index contributed by atoms with van der Waals surface area (Å²) in [7, 11) is 2.94. The summed E-state index contributed by atoms with van der Waals surface area (Å²) in [6.45, 7) is 0. The van der Waals surface area contributed by atoms with Crippen LogP contribution in [0.5, 0.6) is 40.2 Å². The quantitative estimate of drug-likeness (QED) is 0.214. The normalized spacial score (nSPS) is 11.1. The van der Waals surface area contributed by atoms with Gasteiger partial charge in [0, 0.05) is 41.5 Å². The number of aromatic hydroxyl groups is 3. The van der Waals surface area contributed by atoms with Crippen molar-refractivity contribution >= 4 is 21.9 Å². The topological polar surface area (TPSA) is 149 Å². The van der Waals surface area contributed by atoms with Crippen molar-refractivity contribution in [2.45, 2.75) is 0 Å². The van der Waals surface area contributed by atoms with Crippen molar-refractivity contribution in [3.05, 3.63) is 99.3 Å². The molecule has 10 nitrogen and oxygen atoms in total. The number of hydrogen-bond donors (Lipinski definition) is 3. The van der Waals surface area contributed by atoms with E-state index < -0.39 is 16.6 Å². The van der Waals surface area contributed by atoms with Crippen LogP contribution in [0.25, 0.3) is 44.6 Å². The Balaban J connectivity index is 1.35.